The molecule has 32 heavy (non-hydrogen) atoms. The smallest absolute Gasteiger partial charge is 0.406 e. The minimum absolute atomic E-state index is 0.0671. The predicted octanol–water partition coefficient (Wildman–Crippen LogP) is 0.490. The third-order valence-electron chi connectivity index (χ3n) is 6.10. The van der Waals surface area contributed by atoms with Crippen molar-refractivity contribution in [1.29, 1.82) is 0 Å². The van der Waals surface area contributed by atoms with Crippen LogP contribution in [0.25, 0.3) is 6.08 Å². The van der Waals surface area contributed by atoms with Crippen molar-refractivity contribution >= 4 is 23.9 Å². The van der Waals surface area contributed by atoms with Gasteiger partial charge in [0.2, 0.25) is 5.91 Å². The van der Waals surface area contributed by atoms with E-state index >= 15 is 0 Å². The third kappa shape index (κ3) is 6.15. The number of carbonyl (C=O) groups excluding carboxylic acids is 3. The molecule has 2 aliphatic carbocycles. The summed E-state index contributed by atoms with van der Waals surface area (Å²) in [6, 6.07) is 7.60. The Labute approximate surface area is 187 Å². The van der Waals surface area contributed by atoms with Crippen LogP contribution in [0.15, 0.2) is 30.3 Å². The van der Waals surface area contributed by atoms with E-state index in [1.165, 1.54) is 7.11 Å². The maximum Gasteiger partial charge on any atom is 0.406 e. The van der Waals surface area contributed by atoms with E-state index in [-0.39, 0.29) is 55.7 Å². The fraction of sp³-hybridized carbons (Fsp3) is 0.522. The van der Waals surface area contributed by atoms with E-state index in [0.717, 1.165) is 11.1 Å². The molecule has 0 aromatic heterocycles. The first kappa shape index (κ1) is 23.9. The second-order valence-electron chi connectivity index (χ2n) is 8.38. The zero-order chi connectivity index (χ0) is 23.1. The molecule has 1 aromatic carbocycles. The third-order valence-corrected chi connectivity index (χ3v) is 6.10. The molecule has 2 aliphatic rings. The molecule has 0 heterocycles. The summed E-state index contributed by atoms with van der Waals surface area (Å²) in [4.78, 5) is 36.0. The molecule has 0 spiro atoms. The van der Waals surface area contributed by atoms with Crippen LogP contribution in [0.3, 0.4) is 0 Å². The van der Waals surface area contributed by atoms with Gasteiger partial charge in [-0.1, -0.05) is 36.4 Å². The number of amides is 2. The van der Waals surface area contributed by atoms with Gasteiger partial charge >= 0.3 is 6.09 Å². The summed E-state index contributed by atoms with van der Waals surface area (Å²) < 4.78 is 4.52. The number of aliphatic hydroxyl groups excluding tert-OH is 1. The SMILES string of the molecule is COC(=O)NC[C@H]1C[C@H](NC[C@@H](O)C[C@@H](CN)C(=O)NC2C=Cc3ccccc32)CC1=O. The number of nitrogens with two attached hydrogens (primary N) is 1. The van der Waals surface area contributed by atoms with Crippen LogP contribution >= 0.6 is 0 Å². The molecule has 9 heteroatoms. The molecule has 174 valence electrons. The van der Waals surface area contributed by atoms with Crippen molar-refractivity contribution in [2.45, 2.75) is 37.5 Å². The molecule has 3 rings (SSSR count). The number of carbonyl (C=O) groups is 3. The normalized spacial score (nSPS) is 23.5. The van der Waals surface area contributed by atoms with Gasteiger partial charge in [-0.25, -0.2) is 4.79 Å². The Kier molecular flexibility index (Phi) is 8.38. The van der Waals surface area contributed by atoms with E-state index < -0.39 is 18.1 Å². The Balaban J connectivity index is 1.42. The van der Waals surface area contributed by atoms with Gasteiger partial charge in [-0.05, 0) is 24.0 Å². The van der Waals surface area contributed by atoms with Gasteiger partial charge in [-0.2, -0.15) is 0 Å². The van der Waals surface area contributed by atoms with Crippen LogP contribution < -0.4 is 21.7 Å². The van der Waals surface area contributed by atoms with E-state index in [1.54, 1.807) is 0 Å². The maximum atomic E-state index is 12.7. The molecule has 0 radical (unpaired) electrons. The highest BCUT2D eigenvalue weighted by Crippen LogP contribution is 2.28. The van der Waals surface area contributed by atoms with Gasteiger partial charge < -0.3 is 31.5 Å². The second kappa shape index (κ2) is 11.2. The Morgan fingerprint density at radius 2 is 2.09 bits per heavy atom. The lowest BCUT2D eigenvalue weighted by Gasteiger charge is -2.22. The van der Waals surface area contributed by atoms with Crippen molar-refractivity contribution in [3.05, 3.63) is 41.5 Å². The average Bonchev–Trinajstić information content (AvgIpc) is 3.37. The van der Waals surface area contributed by atoms with Crippen molar-refractivity contribution in [3.8, 4) is 0 Å². The first-order valence-electron chi connectivity index (χ1n) is 10.9. The van der Waals surface area contributed by atoms with Gasteiger partial charge in [0.15, 0.2) is 0 Å². The van der Waals surface area contributed by atoms with Gasteiger partial charge in [-0.3, -0.25) is 9.59 Å². The highest BCUT2D eigenvalue weighted by atomic mass is 16.5. The zero-order valence-electron chi connectivity index (χ0n) is 18.3. The molecule has 2 amide bonds. The summed E-state index contributed by atoms with van der Waals surface area (Å²) in [5.41, 5.74) is 7.94. The molecule has 5 atom stereocenters. The number of hydrogen-bond acceptors (Lipinski definition) is 7. The van der Waals surface area contributed by atoms with Crippen LogP contribution in [0.1, 0.15) is 36.4 Å². The van der Waals surface area contributed by atoms with Crippen LogP contribution in [0.5, 0.6) is 0 Å². The second-order valence-corrected chi connectivity index (χ2v) is 8.38. The van der Waals surface area contributed by atoms with Crippen LogP contribution in [0.2, 0.25) is 0 Å². The summed E-state index contributed by atoms with van der Waals surface area (Å²) in [6.07, 6.45) is 3.72. The van der Waals surface area contributed by atoms with E-state index in [9.17, 15) is 19.5 Å². The van der Waals surface area contributed by atoms with E-state index in [2.05, 4.69) is 20.7 Å². The van der Waals surface area contributed by atoms with Crippen molar-refractivity contribution < 1.29 is 24.2 Å². The molecule has 1 saturated carbocycles. The van der Waals surface area contributed by atoms with E-state index in [1.807, 2.05) is 36.4 Å². The summed E-state index contributed by atoms with van der Waals surface area (Å²) in [5, 5.41) is 19.2. The largest absolute Gasteiger partial charge is 0.453 e. The monoisotopic (exact) mass is 444 g/mol. The fourth-order valence-corrected chi connectivity index (χ4v) is 4.27. The molecule has 0 aliphatic heterocycles. The summed E-state index contributed by atoms with van der Waals surface area (Å²) in [5.74, 6) is -0.913. The molecule has 0 bridgehead atoms. The molecular weight excluding hydrogens is 412 g/mol. The Morgan fingerprint density at radius 3 is 2.84 bits per heavy atom. The topological polar surface area (TPSA) is 143 Å². The number of benzene rings is 1. The van der Waals surface area contributed by atoms with Crippen molar-refractivity contribution in [2.75, 3.05) is 26.7 Å². The number of fused-ring (bicyclic) bond motifs is 1. The van der Waals surface area contributed by atoms with Crippen molar-refractivity contribution in [3.63, 3.8) is 0 Å². The van der Waals surface area contributed by atoms with Gasteiger partial charge in [0.25, 0.3) is 0 Å². The van der Waals surface area contributed by atoms with Gasteiger partial charge in [-0.15, -0.1) is 0 Å². The molecule has 9 nitrogen and oxygen atoms in total. The summed E-state index contributed by atoms with van der Waals surface area (Å²) in [7, 11) is 1.27. The van der Waals surface area contributed by atoms with Gasteiger partial charge in [0.05, 0.1) is 25.2 Å². The standard InChI is InChI=1S/C23H32N4O5/c1-32-23(31)26-12-16-8-17(10-21(16)29)25-13-18(28)9-15(11-24)22(30)27-20-7-6-14-4-2-3-5-19(14)20/h2-7,15-18,20,25,28H,8-13,24H2,1H3,(H,26,31)(H,27,30)/t15-,16+,17-,18-,20?/m0/s1. The number of Topliss-reactive ketones (excluding diaryl/α,β-unsaturated/α-hetero) is 1. The van der Waals surface area contributed by atoms with Crippen molar-refractivity contribution in [1.82, 2.24) is 16.0 Å². The lowest BCUT2D eigenvalue weighted by atomic mass is 9.99. The van der Waals surface area contributed by atoms with Gasteiger partial charge in [0.1, 0.15) is 5.78 Å². The fourth-order valence-electron chi connectivity index (χ4n) is 4.27. The lowest BCUT2D eigenvalue weighted by molar-refractivity contribution is -0.126. The highest BCUT2D eigenvalue weighted by molar-refractivity contribution is 5.84. The average molecular weight is 445 g/mol. The number of rotatable bonds is 10. The predicted molar refractivity (Wildman–Crippen MR) is 119 cm³/mol. The number of hydrogen-bond donors (Lipinski definition) is 5. The number of ether oxygens (including phenoxy) is 1. The number of ketones is 1. The molecule has 0 saturated heterocycles. The van der Waals surface area contributed by atoms with E-state index in [0.29, 0.717) is 12.8 Å². The molecule has 6 N–H and O–H groups in total. The van der Waals surface area contributed by atoms with E-state index in [4.69, 9.17) is 5.73 Å². The Hall–Kier alpha value is -2.75. The van der Waals surface area contributed by atoms with Crippen LogP contribution in [0, 0.1) is 11.8 Å². The first-order chi connectivity index (χ1) is 15.4. The number of alkyl carbamates (subject to hydrolysis) is 1. The molecule has 1 unspecified atom stereocenters. The van der Waals surface area contributed by atoms with Gasteiger partial charge in [0, 0.05) is 38.0 Å². The highest BCUT2D eigenvalue weighted by Gasteiger charge is 2.33. The summed E-state index contributed by atoms with van der Waals surface area (Å²) in [6.45, 7) is 0.621. The molecule has 1 fully saturated rings. The van der Waals surface area contributed by atoms with Crippen LogP contribution in [-0.4, -0.2) is 61.8 Å². The zero-order valence-corrected chi connectivity index (χ0v) is 18.3. The summed E-state index contributed by atoms with van der Waals surface area (Å²) >= 11 is 0. The number of aliphatic hydroxyl groups is 1. The van der Waals surface area contributed by atoms with Crippen LogP contribution in [0.4, 0.5) is 4.79 Å². The molecule has 1 aromatic rings. The van der Waals surface area contributed by atoms with Crippen LogP contribution in [-0.2, 0) is 14.3 Å². The maximum absolute atomic E-state index is 12.7. The van der Waals surface area contributed by atoms with Crippen molar-refractivity contribution in [2.24, 2.45) is 17.6 Å². The lowest BCUT2D eigenvalue weighted by Crippen LogP contribution is -2.41. The molecular formula is C23H32N4O5. The Bertz CT molecular complexity index is 859. The first-order valence-corrected chi connectivity index (χ1v) is 10.9. The quantitative estimate of drug-likeness (QED) is 0.353. The minimum Gasteiger partial charge on any atom is -0.453 e. The number of nitrogens with one attached hydrogen (secondary N) is 3. The Morgan fingerprint density at radius 1 is 1.31 bits per heavy atom. The number of methoxy groups -OCH3 is 1. The minimum atomic E-state index is -0.775.